The van der Waals surface area contributed by atoms with Crippen molar-refractivity contribution in [2.45, 2.75) is 4.90 Å². The van der Waals surface area contributed by atoms with E-state index in [-0.39, 0.29) is 5.69 Å². The zero-order valence-corrected chi connectivity index (χ0v) is 12.2. The molecule has 0 aliphatic rings. The van der Waals surface area contributed by atoms with E-state index in [1.54, 1.807) is 19.2 Å². The Hall–Kier alpha value is -1.15. The van der Waals surface area contributed by atoms with Gasteiger partial charge in [0, 0.05) is 24.0 Å². The molecule has 20 heavy (non-hydrogen) atoms. The Bertz CT molecular complexity index is 402. The molecule has 7 heteroatoms. The Balaban J connectivity index is 2.06. The number of methoxy groups -OCH3 is 1. The molecule has 6 nitrogen and oxygen atoms in total. The number of carboxylic acids is 1. The maximum absolute atomic E-state index is 10.8. The molecule has 1 N–H and O–H groups in total. The Labute approximate surface area is 122 Å². The van der Waals surface area contributed by atoms with E-state index in [9.17, 15) is 4.79 Å². The van der Waals surface area contributed by atoms with Gasteiger partial charge in [0.1, 0.15) is 5.69 Å². The van der Waals surface area contributed by atoms with Crippen LogP contribution in [0.25, 0.3) is 0 Å². The Morgan fingerprint density at radius 1 is 1.25 bits per heavy atom. The van der Waals surface area contributed by atoms with Crippen LogP contribution in [0, 0.1) is 0 Å². The highest BCUT2D eigenvalue weighted by atomic mass is 32.2. The average molecular weight is 301 g/mol. The monoisotopic (exact) mass is 301 g/mol. The number of aromatic carboxylic acids is 1. The molecule has 0 aliphatic heterocycles. The summed E-state index contributed by atoms with van der Waals surface area (Å²) in [6, 6.07) is 3.34. The molecular weight excluding hydrogens is 282 g/mol. The number of hydrogen-bond donors (Lipinski definition) is 1. The fourth-order valence-electron chi connectivity index (χ4n) is 1.30. The molecule has 0 saturated heterocycles. The maximum Gasteiger partial charge on any atom is 0.354 e. The third-order valence-corrected chi connectivity index (χ3v) is 3.21. The molecule has 0 spiro atoms. The van der Waals surface area contributed by atoms with Crippen LogP contribution in [0.15, 0.2) is 23.2 Å². The molecule has 0 amide bonds. The topological polar surface area (TPSA) is 77.9 Å². The fourth-order valence-corrected chi connectivity index (χ4v) is 2.09. The molecule has 0 aliphatic carbocycles. The van der Waals surface area contributed by atoms with Gasteiger partial charge in [0.2, 0.25) is 0 Å². The number of rotatable bonds is 11. The van der Waals surface area contributed by atoms with Gasteiger partial charge in [0.15, 0.2) is 0 Å². The number of thioether (sulfide) groups is 1. The van der Waals surface area contributed by atoms with Crippen LogP contribution in [-0.4, -0.2) is 62.0 Å². The first-order valence-electron chi connectivity index (χ1n) is 6.20. The minimum absolute atomic E-state index is 0.0578. The van der Waals surface area contributed by atoms with E-state index in [4.69, 9.17) is 19.3 Å². The number of carboxylic acid groups (broad SMARTS) is 1. The molecule has 0 fully saturated rings. The molecule has 0 atom stereocenters. The van der Waals surface area contributed by atoms with Gasteiger partial charge in [-0.05, 0) is 12.1 Å². The van der Waals surface area contributed by atoms with E-state index >= 15 is 0 Å². The van der Waals surface area contributed by atoms with Crippen LogP contribution in [0.5, 0.6) is 0 Å². The number of ether oxygens (including phenoxy) is 3. The number of aromatic nitrogens is 1. The molecule has 0 unspecified atom stereocenters. The van der Waals surface area contributed by atoms with Gasteiger partial charge in [-0.1, -0.05) is 0 Å². The summed E-state index contributed by atoms with van der Waals surface area (Å²) in [6.07, 6.45) is 1.50. The smallest absolute Gasteiger partial charge is 0.354 e. The van der Waals surface area contributed by atoms with Crippen molar-refractivity contribution in [1.29, 1.82) is 0 Å². The summed E-state index contributed by atoms with van der Waals surface area (Å²) >= 11 is 1.53. The van der Waals surface area contributed by atoms with E-state index in [2.05, 4.69) is 4.98 Å². The summed E-state index contributed by atoms with van der Waals surface area (Å²) in [5, 5.41) is 8.82. The van der Waals surface area contributed by atoms with Gasteiger partial charge in [0.25, 0.3) is 0 Å². The van der Waals surface area contributed by atoms with Crippen molar-refractivity contribution >= 4 is 17.7 Å². The van der Waals surface area contributed by atoms with Crippen molar-refractivity contribution < 1.29 is 24.1 Å². The van der Waals surface area contributed by atoms with Crippen LogP contribution in [0.3, 0.4) is 0 Å². The third-order valence-electron chi connectivity index (χ3n) is 2.25. The minimum atomic E-state index is -1.02. The second-order valence-corrected chi connectivity index (χ2v) is 4.92. The summed E-state index contributed by atoms with van der Waals surface area (Å²) < 4.78 is 15.5. The predicted octanol–water partition coefficient (Wildman–Crippen LogP) is 1.55. The van der Waals surface area contributed by atoms with Gasteiger partial charge in [0.05, 0.1) is 33.0 Å². The lowest BCUT2D eigenvalue weighted by Crippen LogP contribution is -2.09. The van der Waals surface area contributed by atoms with E-state index < -0.39 is 5.97 Å². The first kappa shape index (κ1) is 16.9. The Morgan fingerprint density at radius 2 is 1.95 bits per heavy atom. The molecule has 0 bridgehead atoms. The van der Waals surface area contributed by atoms with Crippen LogP contribution < -0.4 is 0 Å². The highest BCUT2D eigenvalue weighted by Gasteiger charge is 2.04. The summed E-state index contributed by atoms with van der Waals surface area (Å²) in [5.74, 6) is -0.266. The van der Waals surface area contributed by atoms with Crippen LogP contribution in [0.4, 0.5) is 0 Å². The summed E-state index contributed by atoms with van der Waals surface area (Å²) in [5.41, 5.74) is 0.0578. The largest absolute Gasteiger partial charge is 0.477 e. The number of carbonyl (C=O) groups is 1. The average Bonchev–Trinajstić information content (AvgIpc) is 2.46. The summed E-state index contributed by atoms with van der Waals surface area (Å²) in [4.78, 5) is 15.4. The Kier molecular flexibility index (Phi) is 8.97. The zero-order valence-electron chi connectivity index (χ0n) is 11.4. The highest BCUT2D eigenvalue weighted by molar-refractivity contribution is 7.99. The third kappa shape index (κ3) is 7.44. The molecule has 1 heterocycles. The highest BCUT2D eigenvalue weighted by Crippen LogP contribution is 2.17. The van der Waals surface area contributed by atoms with Crippen LogP contribution in [0.1, 0.15) is 10.5 Å². The predicted molar refractivity (Wildman–Crippen MR) is 75.4 cm³/mol. The SMILES string of the molecule is COCCOCCOCCSc1ccnc(C(=O)O)c1. The van der Waals surface area contributed by atoms with Crippen molar-refractivity contribution in [2.75, 3.05) is 45.9 Å². The van der Waals surface area contributed by atoms with E-state index in [1.165, 1.54) is 18.0 Å². The number of pyridine rings is 1. The normalized spacial score (nSPS) is 10.7. The standard InChI is InChI=1S/C13H19NO5S/c1-17-4-5-18-6-7-19-8-9-20-11-2-3-14-12(10-11)13(15)16/h2-3,10H,4-9H2,1H3,(H,15,16). The van der Waals surface area contributed by atoms with Crippen molar-refractivity contribution in [3.8, 4) is 0 Å². The molecule has 1 rings (SSSR count). The van der Waals surface area contributed by atoms with Gasteiger partial charge in [-0.2, -0.15) is 0 Å². The summed E-state index contributed by atoms with van der Waals surface area (Å²) in [7, 11) is 1.63. The molecule has 1 aromatic heterocycles. The summed E-state index contributed by atoms with van der Waals surface area (Å²) in [6.45, 7) is 2.84. The second kappa shape index (κ2) is 10.6. The van der Waals surface area contributed by atoms with Gasteiger partial charge < -0.3 is 19.3 Å². The zero-order chi connectivity index (χ0) is 14.6. The van der Waals surface area contributed by atoms with E-state index in [0.717, 1.165) is 10.6 Å². The van der Waals surface area contributed by atoms with Gasteiger partial charge in [-0.25, -0.2) is 9.78 Å². The van der Waals surface area contributed by atoms with Crippen LogP contribution in [0.2, 0.25) is 0 Å². The lowest BCUT2D eigenvalue weighted by atomic mass is 10.3. The molecule has 0 aromatic carbocycles. The van der Waals surface area contributed by atoms with Gasteiger partial charge >= 0.3 is 5.97 Å². The molecule has 0 saturated carbocycles. The first-order chi connectivity index (χ1) is 9.74. The van der Waals surface area contributed by atoms with Crippen molar-refractivity contribution in [3.05, 3.63) is 24.0 Å². The van der Waals surface area contributed by atoms with Crippen LogP contribution in [-0.2, 0) is 14.2 Å². The van der Waals surface area contributed by atoms with E-state index in [1.807, 2.05) is 0 Å². The number of hydrogen-bond acceptors (Lipinski definition) is 6. The molecule has 0 radical (unpaired) electrons. The van der Waals surface area contributed by atoms with Crippen LogP contribution >= 0.6 is 11.8 Å². The minimum Gasteiger partial charge on any atom is -0.477 e. The Morgan fingerprint density at radius 3 is 2.65 bits per heavy atom. The lowest BCUT2D eigenvalue weighted by molar-refractivity contribution is 0.0286. The van der Waals surface area contributed by atoms with Crippen molar-refractivity contribution in [2.24, 2.45) is 0 Å². The van der Waals surface area contributed by atoms with Crippen molar-refractivity contribution in [3.63, 3.8) is 0 Å². The quantitative estimate of drug-likeness (QED) is 0.491. The molecule has 1 aromatic rings. The maximum atomic E-state index is 10.8. The molecule has 112 valence electrons. The van der Waals surface area contributed by atoms with Crippen molar-refractivity contribution in [1.82, 2.24) is 4.98 Å². The fraction of sp³-hybridized carbons (Fsp3) is 0.538. The van der Waals surface area contributed by atoms with Gasteiger partial charge in [-0.15, -0.1) is 11.8 Å². The second-order valence-electron chi connectivity index (χ2n) is 3.75. The molecular formula is C13H19NO5S. The first-order valence-corrected chi connectivity index (χ1v) is 7.19. The lowest BCUT2D eigenvalue weighted by Gasteiger charge is -2.05. The van der Waals surface area contributed by atoms with E-state index in [0.29, 0.717) is 33.0 Å². The number of nitrogens with zero attached hydrogens (tertiary/aromatic N) is 1. The van der Waals surface area contributed by atoms with Gasteiger partial charge in [-0.3, -0.25) is 0 Å².